The molecular formula is C24H24N2O3S. The number of ether oxygens (including phenoxy) is 1. The van der Waals surface area contributed by atoms with Crippen LogP contribution in [0.3, 0.4) is 0 Å². The largest absolute Gasteiger partial charge is 0.477 e. The van der Waals surface area contributed by atoms with Crippen LogP contribution in [-0.2, 0) is 9.59 Å². The van der Waals surface area contributed by atoms with Crippen molar-refractivity contribution in [1.82, 2.24) is 5.32 Å². The van der Waals surface area contributed by atoms with Crippen molar-refractivity contribution >= 4 is 40.0 Å². The van der Waals surface area contributed by atoms with Crippen molar-refractivity contribution in [1.29, 1.82) is 0 Å². The number of rotatable bonds is 6. The highest BCUT2D eigenvalue weighted by atomic mass is 32.2. The summed E-state index contributed by atoms with van der Waals surface area (Å²) in [5.41, 5.74) is 0.709. The summed E-state index contributed by atoms with van der Waals surface area (Å²) in [6.45, 7) is 2.80. The Morgan fingerprint density at radius 3 is 2.67 bits per heavy atom. The molecule has 0 radical (unpaired) electrons. The number of thioether (sulfide) groups is 1. The first kappa shape index (κ1) is 20.3. The lowest BCUT2D eigenvalue weighted by Crippen LogP contribution is -2.51. The molecule has 6 heteroatoms. The Bertz CT molecular complexity index is 1070. The highest BCUT2D eigenvalue weighted by Crippen LogP contribution is 2.34. The Morgan fingerprint density at radius 2 is 1.83 bits per heavy atom. The number of amides is 2. The molecular weight excluding hydrogens is 396 g/mol. The van der Waals surface area contributed by atoms with Gasteiger partial charge in [-0.2, -0.15) is 0 Å². The van der Waals surface area contributed by atoms with Gasteiger partial charge in [-0.3, -0.25) is 9.59 Å². The second-order valence-electron chi connectivity index (χ2n) is 7.17. The van der Waals surface area contributed by atoms with E-state index < -0.39 is 6.10 Å². The molecule has 5 nitrogen and oxygen atoms in total. The third-order valence-electron chi connectivity index (χ3n) is 5.00. The molecule has 0 saturated carbocycles. The molecule has 0 spiro atoms. The van der Waals surface area contributed by atoms with Gasteiger partial charge in [0.25, 0.3) is 5.91 Å². The van der Waals surface area contributed by atoms with Crippen LogP contribution < -0.4 is 15.0 Å². The maximum atomic E-state index is 13.1. The molecule has 1 heterocycles. The highest BCUT2D eigenvalue weighted by molar-refractivity contribution is 8.00. The third kappa shape index (κ3) is 4.44. The van der Waals surface area contributed by atoms with Crippen LogP contribution in [0, 0.1) is 0 Å². The standard InChI is InChI=1S/C24H24N2O3S/c1-2-13-25-24(28)22-15-26(20-9-5-6-10-21(20)29-22)23(27)16-30-19-12-11-17-7-3-4-8-18(17)14-19/h3-12,14,22H,2,13,15-16H2,1H3,(H,25,28)/t22-/m1/s1. The average molecular weight is 421 g/mol. The summed E-state index contributed by atoms with van der Waals surface area (Å²) in [5.74, 6) is 0.615. The molecule has 30 heavy (non-hydrogen) atoms. The van der Waals surface area contributed by atoms with Crippen molar-refractivity contribution in [3.63, 3.8) is 0 Å². The van der Waals surface area contributed by atoms with Crippen molar-refractivity contribution < 1.29 is 14.3 Å². The number of carbonyl (C=O) groups is 2. The molecule has 0 aliphatic carbocycles. The SMILES string of the molecule is CCCNC(=O)[C@H]1CN(C(=O)CSc2ccc3ccccc3c2)c2ccccc2O1. The number of benzene rings is 3. The summed E-state index contributed by atoms with van der Waals surface area (Å²) in [6, 6.07) is 21.7. The molecule has 1 aliphatic rings. The molecule has 3 aromatic rings. The monoisotopic (exact) mass is 420 g/mol. The number of nitrogens with one attached hydrogen (secondary N) is 1. The van der Waals surface area contributed by atoms with Crippen LogP contribution in [0.1, 0.15) is 13.3 Å². The Morgan fingerprint density at radius 1 is 1.07 bits per heavy atom. The van der Waals surface area contributed by atoms with Gasteiger partial charge in [-0.25, -0.2) is 0 Å². The van der Waals surface area contributed by atoms with E-state index in [0.717, 1.165) is 16.7 Å². The van der Waals surface area contributed by atoms with Crippen molar-refractivity contribution in [3.05, 3.63) is 66.7 Å². The van der Waals surface area contributed by atoms with E-state index in [1.807, 2.05) is 43.3 Å². The van der Waals surface area contributed by atoms with E-state index in [-0.39, 0.29) is 24.1 Å². The molecule has 0 unspecified atom stereocenters. The Labute approximate surface area is 180 Å². The zero-order chi connectivity index (χ0) is 20.9. The second-order valence-corrected chi connectivity index (χ2v) is 8.22. The third-order valence-corrected chi connectivity index (χ3v) is 5.98. The summed E-state index contributed by atoms with van der Waals surface area (Å²) in [4.78, 5) is 28.3. The lowest BCUT2D eigenvalue weighted by Gasteiger charge is -2.34. The van der Waals surface area contributed by atoms with Crippen LogP contribution in [0.15, 0.2) is 71.6 Å². The van der Waals surface area contributed by atoms with Gasteiger partial charge in [-0.05, 0) is 41.5 Å². The van der Waals surface area contributed by atoms with Gasteiger partial charge >= 0.3 is 0 Å². The van der Waals surface area contributed by atoms with Crippen LogP contribution in [0.2, 0.25) is 0 Å². The summed E-state index contributed by atoms with van der Waals surface area (Å²) < 4.78 is 5.87. The van der Waals surface area contributed by atoms with Crippen molar-refractivity contribution in [2.75, 3.05) is 23.7 Å². The first-order valence-electron chi connectivity index (χ1n) is 10.1. The zero-order valence-electron chi connectivity index (χ0n) is 16.8. The fraction of sp³-hybridized carbons (Fsp3) is 0.250. The lowest BCUT2D eigenvalue weighted by molar-refractivity contribution is -0.128. The molecule has 0 saturated heterocycles. The van der Waals surface area contributed by atoms with E-state index in [0.29, 0.717) is 18.0 Å². The molecule has 154 valence electrons. The van der Waals surface area contributed by atoms with Gasteiger partial charge in [0.2, 0.25) is 5.91 Å². The van der Waals surface area contributed by atoms with Gasteiger partial charge in [-0.15, -0.1) is 11.8 Å². The van der Waals surface area contributed by atoms with E-state index in [1.54, 1.807) is 11.0 Å². The van der Waals surface area contributed by atoms with E-state index in [4.69, 9.17) is 4.74 Å². The van der Waals surface area contributed by atoms with Crippen LogP contribution in [0.4, 0.5) is 5.69 Å². The van der Waals surface area contributed by atoms with Crippen LogP contribution in [0.25, 0.3) is 10.8 Å². The molecule has 2 amide bonds. The van der Waals surface area contributed by atoms with E-state index in [1.165, 1.54) is 17.1 Å². The minimum Gasteiger partial charge on any atom is -0.477 e. The highest BCUT2D eigenvalue weighted by Gasteiger charge is 2.33. The molecule has 1 atom stereocenters. The fourth-order valence-electron chi connectivity index (χ4n) is 3.45. The van der Waals surface area contributed by atoms with Crippen LogP contribution in [0.5, 0.6) is 5.75 Å². The first-order chi connectivity index (χ1) is 14.7. The number of carbonyl (C=O) groups excluding carboxylic acids is 2. The Kier molecular flexibility index (Phi) is 6.23. The maximum absolute atomic E-state index is 13.1. The smallest absolute Gasteiger partial charge is 0.262 e. The van der Waals surface area contributed by atoms with Gasteiger partial charge in [0.15, 0.2) is 6.10 Å². The van der Waals surface area contributed by atoms with E-state index in [2.05, 4.69) is 29.6 Å². The summed E-state index contributed by atoms with van der Waals surface area (Å²) >= 11 is 1.50. The molecule has 4 rings (SSSR count). The molecule has 1 aliphatic heterocycles. The van der Waals surface area contributed by atoms with Crippen LogP contribution in [-0.4, -0.2) is 36.8 Å². The summed E-state index contributed by atoms with van der Waals surface area (Å²) in [6.07, 6.45) is 0.140. The van der Waals surface area contributed by atoms with Crippen molar-refractivity contribution in [2.45, 2.75) is 24.3 Å². The fourth-order valence-corrected chi connectivity index (χ4v) is 4.27. The summed E-state index contributed by atoms with van der Waals surface area (Å²) in [7, 11) is 0. The van der Waals surface area contributed by atoms with E-state index in [9.17, 15) is 9.59 Å². The quantitative estimate of drug-likeness (QED) is 0.606. The van der Waals surface area contributed by atoms with Crippen molar-refractivity contribution in [3.8, 4) is 5.75 Å². The predicted molar refractivity (Wildman–Crippen MR) is 121 cm³/mol. The Balaban J connectivity index is 1.49. The number of hydrogen-bond donors (Lipinski definition) is 1. The zero-order valence-corrected chi connectivity index (χ0v) is 17.7. The number of hydrogen-bond acceptors (Lipinski definition) is 4. The summed E-state index contributed by atoms with van der Waals surface area (Å²) in [5, 5.41) is 5.19. The van der Waals surface area contributed by atoms with Gasteiger partial charge in [0.1, 0.15) is 5.75 Å². The number of nitrogens with zero attached hydrogens (tertiary/aromatic N) is 1. The number of anilines is 1. The van der Waals surface area contributed by atoms with E-state index >= 15 is 0 Å². The van der Waals surface area contributed by atoms with Gasteiger partial charge in [0.05, 0.1) is 18.0 Å². The Hall–Kier alpha value is -2.99. The molecule has 3 aromatic carbocycles. The topological polar surface area (TPSA) is 58.6 Å². The second kappa shape index (κ2) is 9.22. The number of fused-ring (bicyclic) bond motifs is 2. The minimum atomic E-state index is -0.707. The maximum Gasteiger partial charge on any atom is 0.262 e. The molecule has 0 bridgehead atoms. The number of para-hydroxylation sites is 2. The van der Waals surface area contributed by atoms with Crippen LogP contribution >= 0.6 is 11.8 Å². The molecule has 0 aromatic heterocycles. The molecule has 0 fully saturated rings. The van der Waals surface area contributed by atoms with Gasteiger partial charge in [-0.1, -0.05) is 49.4 Å². The first-order valence-corrected chi connectivity index (χ1v) is 11.1. The predicted octanol–water partition coefficient (Wildman–Crippen LogP) is 4.25. The van der Waals surface area contributed by atoms with Gasteiger partial charge in [0, 0.05) is 11.4 Å². The average Bonchev–Trinajstić information content (AvgIpc) is 2.80. The minimum absolute atomic E-state index is 0.0443. The van der Waals surface area contributed by atoms with Crippen molar-refractivity contribution in [2.24, 2.45) is 0 Å². The van der Waals surface area contributed by atoms with Gasteiger partial charge < -0.3 is 15.0 Å². The molecule has 1 N–H and O–H groups in total. The lowest BCUT2D eigenvalue weighted by atomic mass is 10.1. The normalized spacial score (nSPS) is 15.4.